The first kappa shape index (κ1) is 19.0. The van der Waals surface area contributed by atoms with Crippen molar-refractivity contribution in [3.8, 4) is 11.3 Å². The second-order valence-corrected chi connectivity index (χ2v) is 7.30. The summed E-state index contributed by atoms with van der Waals surface area (Å²) in [5.74, 6) is 1.32. The highest BCUT2D eigenvalue weighted by atomic mass is 19.1. The average molecular weight is 390 g/mol. The summed E-state index contributed by atoms with van der Waals surface area (Å²) in [4.78, 5) is 17.8. The van der Waals surface area contributed by atoms with Crippen molar-refractivity contribution < 1.29 is 13.6 Å². The number of hydrogen-bond donors (Lipinski definition) is 1. The van der Waals surface area contributed by atoms with Gasteiger partial charge in [0.2, 0.25) is 5.91 Å². The molecule has 0 unspecified atom stereocenters. The molecule has 0 bridgehead atoms. The summed E-state index contributed by atoms with van der Waals surface area (Å²) in [6.07, 6.45) is 0.855. The summed E-state index contributed by atoms with van der Waals surface area (Å²) in [5, 5.41) is 0.820. The zero-order valence-electron chi connectivity index (χ0n) is 16.5. The number of nitrogens with one attached hydrogen (secondary N) is 1. The molecule has 0 saturated carbocycles. The number of rotatable bonds is 6. The van der Waals surface area contributed by atoms with E-state index in [1.807, 2.05) is 49.4 Å². The highest BCUT2D eigenvalue weighted by molar-refractivity contribution is 5.91. The minimum Gasteiger partial charge on any atom is -0.464 e. The third kappa shape index (κ3) is 4.09. The first-order valence-corrected chi connectivity index (χ1v) is 9.66. The second kappa shape index (κ2) is 7.95. The largest absolute Gasteiger partial charge is 0.464 e. The molecule has 148 valence electrons. The van der Waals surface area contributed by atoms with Gasteiger partial charge in [0.1, 0.15) is 17.3 Å². The van der Waals surface area contributed by atoms with Crippen LogP contribution < -0.4 is 0 Å². The van der Waals surface area contributed by atoms with Crippen molar-refractivity contribution >= 4 is 16.8 Å². The van der Waals surface area contributed by atoms with Gasteiger partial charge in [-0.2, -0.15) is 0 Å². The van der Waals surface area contributed by atoms with Crippen molar-refractivity contribution in [2.24, 2.45) is 0 Å². The van der Waals surface area contributed by atoms with E-state index in [0.717, 1.165) is 39.2 Å². The normalized spacial score (nSPS) is 11.1. The summed E-state index contributed by atoms with van der Waals surface area (Å²) >= 11 is 0. The number of aromatic amines is 1. The Morgan fingerprint density at radius 2 is 1.90 bits per heavy atom. The maximum atomic E-state index is 13.9. The van der Waals surface area contributed by atoms with Gasteiger partial charge in [-0.3, -0.25) is 4.79 Å². The fourth-order valence-electron chi connectivity index (χ4n) is 3.65. The number of H-pyrrole nitrogens is 1. The van der Waals surface area contributed by atoms with E-state index in [2.05, 4.69) is 4.98 Å². The summed E-state index contributed by atoms with van der Waals surface area (Å²) < 4.78 is 19.5. The smallest absolute Gasteiger partial charge is 0.223 e. The van der Waals surface area contributed by atoms with Crippen LogP contribution in [0.5, 0.6) is 0 Å². The van der Waals surface area contributed by atoms with Gasteiger partial charge < -0.3 is 14.3 Å². The van der Waals surface area contributed by atoms with E-state index >= 15 is 0 Å². The van der Waals surface area contributed by atoms with Crippen molar-refractivity contribution in [3.05, 3.63) is 83.6 Å². The number of carbonyl (C=O) groups is 1. The van der Waals surface area contributed by atoms with Crippen LogP contribution in [-0.4, -0.2) is 22.8 Å². The monoisotopic (exact) mass is 390 g/mol. The number of benzene rings is 2. The van der Waals surface area contributed by atoms with Crippen LogP contribution in [0.1, 0.15) is 23.5 Å². The van der Waals surface area contributed by atoms with Gasteiger partial charge in [-0.05, 0) is 54.8 Å². The number of aryl methyl sites for hydroxylation is 2. The lowest BCUT2D eigenvalue weighted by atomic mass is 10.0. The number of carbonyl (C=O) groups excluding carboxylic acids is 1. The quantitative estimate of drug-likeness (QED) is 0.475. The van der Waals surface area contributed by atoms with Gasteiger partial charge in [0.15, 0.2) is 0 Å². The number of aromatic nitrogens is 1. The molecule has 0 aliphatic rings. The average Bonchev–Trinajstić information content (AvgIpc) is 3.29. The van der Waals surface area contributed by atoms with Crippen LogP contribution in [0.2, 0.25) is 0 Å². The molecule has 2 aromatic heterocycles. The Balaban J connectivity index is 1.58. The Kier molecular flexibility index (Phi) is 5.21. The summed E-state index contributed by atoms with van der Waals surface area (Å²) in [7, 11) is 1.77. The Hall–Kier alpha value is -3.34. The standard InChI is InChI=1S/C24H23FN2O2/c1-16-8-10-19(29-16)15-27(2)23(28)13-11-20-21-14-18(25)9-12-22(21)26-24(20)17-6-4-3-5-7-17/h3-10,12,14,26H,11,13,15H2,1-2H3. The van der Waals surface area contributed by atoms with Gasteiger partial charge in [-0.25, -0.2) is 4.39 Å². The first-order chi connectivity index (χ1) is 14.0. The molecule has 5 heteroatoms. The van der Waals surface area contributed by atoms with Gasteiger partial charge in [0.25, 0.3) is 0 Å². The molecule has 0 spiro atoms. The van der Waals surface area contributed by atoms with E-state index in [9.17, 15) is 9.18 Å². The van der Waals surface area contributed by atoms with Gasteiger partial charge in [-0.1, -0.05) is 30.3 Å². The highest BCUT2D eigenvalue weighted by Crippen LogP contribution is 2.32. The molecular weight excluding hydrogens is 367 g/mol. The molecule has 1 amide bonds. The number of nitrogens with zero attached hydrogens (tertiary/aromatic N) is 1. The zero-order valence-corrected chi connectivity index (χ0v) is 16.5. The third-order valence-electron chi connectivity index (χ3n) is 5.13. The van der Waals surface area contributed by atoms with Crippen LogP contribution in [0.4, 0.5) is 4.39 Å². The lowest BCUT2D eigenvalue weighted by Gasteiger charge is -2.16. The number of amides is 1. The van der Waals surface area contributed by atoms with E-state index in [4.69, 9.17) is 4.42 Å². The molecular formula is C24H23FN2O2. The number of fused-ring (bicyclic) bond motifs is 1. The molecule has 0 atom stereocenters. The fraction of sp³-hybridized carbons (Fsp3) is 0.208. The van der Waals surface area contributed by atoms with Crippen LogP contribution in [0.15, 0.2) is 65.1 Å². The number of halogens is 1. The Morgan fingerprint density at radius 1 is 1.10 bits per heavy atom. The molecule has 4 rings (SSSR count). The SMILES string of the molecule is Cc1ccc(CN(C)C(=O)CCc2c(-c3ccccc3)[nH]c3ccc(F)cc23)o1. The van der Waals surface area contributed by atoms with E-state index < -0.39 is 0 Å². The highest BCUT2D eigenvalue weighted by Gasteiger charge is 2.17. The third-order valence-corrected chi connectivity index (χ3v) is 5.13. The molecule has 2 heterocycles. The van der Waals surface area contributed by atoms with Crippen molar-refractivity contribution in [2.45, 2.75) is 26.3 Å². The van der Waals surface area contributed by atoms with Gasteiger partial charge in [0.05, 0.1) is 6.54 Å². The van der Waals surface area contributed by atoms with Crippen LogP contribution in [0.3, 0.4) is 0 Å². The molecule has 29 heavy (non-hydrogen) atoms. The molecule has 0 aliphatic heterocycles. The van der Waals surface area contributed by atoms with E-state index in [1.165, 1.54) is 12.1 Å². The first-order valence-electron chi connectivity index (χ1n) is 9.66. The Bertz CT molecular complexity index is 1140. The lowest BCUT2D eigenvalue weighted by Crippen LogP contribution is -2.26. The van der Waals surface area contributed by atoms with E-state index in [1.54, 1.807) is 18.0 Å². The van der Waals surface area contributed by atoms with Gasteiger partial charge in [-0.15, -0.1) is 0 Å². The molecule has 4 aromatic rings. The summed E-state index contributed by atoms with van der Waals surface area (Å²) in [5.41, 5.74) is 3.78. The second-order valence-electron chi connectivity index (χ2n) is 7.30. The molecule has 1 N–H and O–H groups in total. The maximum absolute atomic E-state index is 13.9. The minimum absolute atomic E-state index is 0.0174. The van der Waals surface area contributed by atoms with Crippen LogP contribution in [-0.2, 0) is 17.8 Å². The Labute approximate surface area is 169 Å². The number of hydrogen-bond acceptors (Lipinski definition) is 2. The van der Waals surface area contributed by atoms with Crippen molar-refractivity contribution in [1.82, 2.24) is 9.88 Å². The molecule has 0 fully saturated rings. The minimum atomic E-state index is -0.283. The number of furan rings is 1. The zero-order chi connectivity index (χ0) is 20.4. The van der Waals surface area contributed by atoms with Gasteiger partial charge >= 0.3 is 0 Å². The van der Waals surface area contributed by atoms with Crippen molar-refractivity contribution in [3.63, 3.8) is 0 Å². The summed E-state index contributed by atoms with van der Waals surface area (Å²) in [6.45, 7) is 2.31. The predicted molar refractivity (Wildman–Crippen MR) is 112 cm³/mol. The molecule has 0 radical (unpaired) electrons. The molecule has 2 aromatic carbocycles. The fourth-order valence-corrected chi connectivity index (χ4v) is 3.65. The van der Waals surface area contributed by atoms with Gasteiger partial charge in [0, 0.05) is 30.1 Å². The molecule has 0 saturated heterocycles. The molecule has 4 nitrogen and oxygen atoms in total. The van der Waals surface area contributed by atoms with E-state index in [0.29, 0.717) is 19.4 Å². The van der Waals surface area contributed by atoms with Crippen LogP contribution in [0.25, 0.3) is 22.2 Å². The van der Waals surface area contributed by atoms with Crippen LogP contribution in [0, 0.1) is 12.7 Å². The topological polar surface area (TPSA) is 49.2 Å². The van der Waals surface area contributed by atoms with Crippen molar-refractivity contribution in [1.29, 1.82) is 0 Å². The van der Waals surface area contributed by atoms with Crippen LogP contribution >= 0.6 is 0 Å². The summed E-state index contributed by atoms with van der Waals surface area (Å²) in [6, 6.07) is 18.4. The molecule has 0 aliphatic carbocycles. The maximum Gasteiger partial charge on any atom is 0.223 e. The predicted octanol–water partition coefficient (Wildman–Crippen LogP) is 5.47. The Morgan fingerprint density at radius 3 is 2.62 bits per heavy atom. The lowest BCUT2D eigenvalue weighted by molar-refractivity contribution is -0.130. The van der Waals surface area contributed by atoms with E-state index in [-0.39, 0.29) is 11.7 Å². The van der Waals surface area contributed by atoms with Crippen molar-refractivity contribution in [2.75, 3.05) is 7.05 Å².